The van der Waals surface area contributed by atoms with Gasteiger partial charge in [-0.1, -0.05) is 26.0 Å². The van der Waals surface area contributed by atoms with Crippen LogP contribution >= 0.6 is 0 Å². The fraction of sp³-hybridized carbons (Fsp3) is 0.500. The lowest BCUT2D eigenvalue weighted by Gasteiger charge is -2.32. The zero-order valence-corrected chi connectivity index (χ0v) is 15.8. The molecular weight excluding hydrogens is 308 g/mol. The number of piperidine rings is 1. The molecule has 0 saturated carbocycles. The van der Waals surface area contributed by atoms with Crippen molar-refractivity contribution < 1.29 is 9.64 Å². The Kier molecular flexibility index (Phi) is 6.09. The van der Waals surface area contributed by atoms with E-state index in [1.165, 1.54) is 42.5 Å². The highest BCUT2D eigenvalue weighted by Crippen LogP contribution is 2.23. The van der Waals surface area contributed by atoms with Crippen LogP contribution in [0.4, 0.5) is 0 Å². The molecule has 1 unspecified atom stereocenters. The molecule has 0 radical (unpaired) electrons. The summed E-state index contributed by atoms with van der Waals surface area (Å²) in [6.07, 6.45) is 7.78. The van der Waals surface area contributed by atoms with Crippen molar-refractivity contribution in [1.82, 2.24) is 4.98 Å². The highest BCUT2D eigenvalue weighted by molar-refractivity contribution is 5.35. The highest BCUT2D eigenvalue weighted by atomic mass is 16.5. The number of benzene rings is 1. The number of quaternary nitrogens is 1. The maximum absolute atomic E-state index is 6.13. The van der Waals surface area contributed by atoms with Gasteiger partial charge in [-0.25, -0.2) is 0 Å². The van der Waals surface area contributed by atoms with Crippen LogP contribution in [0.25, 0.3) is 0 Å². The SMILES string of the molecule is Cc1cc(OCC[NH+]2CCCC[C@@H]2c2cccnc2)cc(C(C)C)c1. The molecule has 3 heteroatoms. The Labute approximate surface area is 152 Å². The molecule has 0 bridgehead atoms. The third-order valence-electron chi connectivity index (χ3n) is 5.25. The standard InChI is InChI=1S/C22H30N2O/c1-17(2)20-13-18(3)14-21(15-20)25-12-11-24-10-5-4-8-22(24)19-7-6-9-23-16-19/h6-7,9,13-17,22H,4-5,8,10-12H2,1-3H3/p+1/t22-/m1/s1. The van der Waals surface area contributed by atoms with Crippen molar-refractivity contribution in [2.24, 2.45) is 0 Å². The second-order valence-electron chi connectivity index (χ2n) is 7.58. The number of likely N-dealkylation sites (tertiary alicyclic amines) is 1. The Morgan fingerprint density at radius 3 is 2.88 bits per heavy atom. The molecule has 1 aliphatic heterocycles. The second kappa shape index (κ2) is 8.48. The maximum Gasteiger partial charge on any atom is 0.137 e. The predicted molar refractivity (Wildman–Crippen MR) is 102 cm³/mol. The topological polar surface area (TPSA) is 26.6 Å². The lowest BCUT2D eigenvalue weighted by molar-refractivity contribution is -0.937. The molecule has 1 fully saturated rings. The number of rotatable bonds is 6. The van der Waals surface area contributed by atoms with Gasteiger partial charge in [0.15, 0.2) is 0 Å². The Balaban J connectivity index is 1.60. The van der Waals surface area contributed by atoms with Crippen molar-refractivity contribution in [1.29, 1.82) is 0 Å². The fourth-order valence-corrected chi connectivity index (χ4v) is 3.86. The first-order chi connectivity index (χ1) is 12.1. The molecule has 1 aliphatic rings. The van der Waals surface area contributed by atoms with E-state index in [0.29, 0.717) is 12.0 Å². The van der Waals surface area contributed by atoms with Crippen molar-refractivity contribution >= 4 is 0 Å². The molecule has 2 atom stereocenters. The Morgan fingerprint density at radius 1 is 1.24 bits per heavy atom. The molecule has 2 heterocycles. The summed E-state index contributed by atoms with van der Waals surface area (Å²) in [4.78, 5) is 5.95. The lowest BCUT2D eigenvalue weighted by atomic mass is 9.96. The molecule has 0 amide bonds. The maximum atomic E-state index is 6.13. The first-order valence-corrected chi connectivity index (χ1v) is 9.62. The van der Waals surface area contributed by atoms with Crippen LogP contribution in [-0.4, -0.2) is 24.7 Å². The van der Waals surface area contributed by atoms with Gasteiger partial charge in [0.25, 0.3) is 0 Å². The number of aromatic nitrogens is 1. The number of hydrogen-bond acceptors (Lipinski definition) is 2. The molecule has 2 aromatic rings. The quantitative estimate of drug-likeness (QED) is 0.868. The van der Waals surface area contributed by atoms with Crippen LogP contribution in [0.3, 0.4) is 0 Å². The first kappa shape index (κ1) is 17.9. The normalized spacial score (nSPS) is 20.6. The van der Waals surface area contributed by atoms with Crippen LogP contribution in [0, 0.1) is 6.92 Å². The van der Waals surface area contributed by atoms with E-state index in [-0.39, 0.29) is 0 Å². The van der Waals surface area contributed by atoms with E-state index in [4.69, 9.17) is 4.74 Å². The van der Waals surface area contributed by atoms with Crippen LogP contribution in [0.1, 0.15) is 61.8 Å². The third kappa shape index (κ3) is 4.82. The van der Waals surface area contributed by atoms with Gasteiger partial charge < -0.3 is 9.64 Å². The van der Waals surface area contributed by atoms with E-state index in [1.54, 1.807) is 4.90 Å². The minimum absolute atomic E-state index is 0.532. The summed E-state index contributed by atoms with van der Waals surface area (Å²) < 4.78 is 6.13. The minimum Gasteiger partial charge on any atom is -0.488 e. The summed E-state index contributed by atoms with van der Waals surface area (Å²) >= 11 is 0. The van der Waals surface area contributed by atoms with Gasteiger partial charge in [-0.2, -0.15) is 0 Å². The zero-order valence-electron chi connectivity index (χ0n) is 15.8. The predicted octanol–water partition coefficient (Wildman–Crippen LogP) is 3.70. The highest BCUT2D eigenvalue weighted by Gasteiger charge is 2.27. The van der Waals surface area contributed by atoms with E-state index in [0.717, 1.165) is 18.9 Å². The van der Waals surface area contributed by atoms with Gasteiger partial charge in [0.1, 0.15) is 24.9 Å². The molecule has 1 aromatic carbocycles. The van der Waals surface area contributed by atoms with Crippen molar-refractivity contribution in [3.05, 3.63) is 59.4 Å². The number of ether oxygens (including phenoxy) is 1. The Bertz CT molecular complexity index is 669. The molecule has 25 heavy (non-hydrogen) atoms. The van der Waals surface area contributed by atoms with Crippen molar-refractivity contribution in [2.45, 2.75) is 52.0 Å². The van der Waals surface area contributed by atoms with Crippen LogP contribution in [0.15, 0.2) is 42.7 Å². The van der Waals surface area contributed by atoms with Gasteiger partial charge in [-0.15, -0.1) is 0 Å². The van der Waals surface area contributed by atoms with Crippen LogP contribution in [0.2, 0.25) is 0 Å². The van der Waals surface area contributed by atoms with Crippen molar-refractivity contribution in [2.75, 3.05) is 19.7 Å². The number of pyridine rings is 1. The van der Waals surface area contributed by atoms with Crippen molar-refractivity contribution in [3.63, 3.8) is 0 Å². The van der Waals surface area contributed by atoms with Crippen molar-refractivity contribution in [3.8, 4) is 5.75 Å². The van der Waals surface area contributed by atoms with E-state index >= 15 is 0 Å². The summed E-state index contributed by atoms with van der Waals surface area (Å²) in [5.74, 6) is 1.54. The molecule has 0 aliphatic carbocycles. The second-order valence-corrected chi connectivity index (χ2v) is 7.58. The number of aryl methyl sites for hydroxylation is 1. The Hall–Kier alpha value is -1.87. The molecule has 1 N–H and O–H groups in total. The van der Waals surface area contributed by atoms with E-state index < -0.39 is 0 Å². The number of hydrogen-bond donors (Lipinski definition) is 1. The summed E-state index contributed by atoms with van der Waals surface area (Å²) in [5.41, 5.74) is 4.00. The summed E-state index contributed by atoms with van der Waals surface area (Å²) in [6.45, 7) is 9.66. The first-order valence-electron chi connectivity index (χ1n) is 9.62. The minimum atomic E-state index is 0.532. The van der Waals surface area contributed by atoms with Gasteiger partial charge in [0.05, 0.1) is 6.54 Å². The smallest absolute Gasteiger partial charge is 0.137 e. The Morgan fingerprint density at radius 2 is 2.12 bits per heavy atom. The molecule has 134 valence electrons. The van der Waals surface area contributed by atoms with E-state index in [2.05, 4.69) is 56.1 Å². The molecule has 3 rings (SSSR count). The number of nitrogens with zero attached hydrogens (tertiary/aromatic N) is 1. The average molecular weight is 340 g/mol. The zero-order chi connectivity index (χ0) is 17.6. The third-order valence-corrected chi connectivity index (χ3v) is 5.25. The summed E-state index contributed by atoms with van der Waals surface area (Å²) in [5, 5.41) is 0. The van der Waals surface area contributed by atoms with Gasteiger partial charge in [0.2, 0.25) is 0 Å². The monoisotopic (exact) mass is 339 g/mol. The van der Waals surface area contributed by atoms with Gasteiger partial charge >= 0.3 is 0 Å². The summed E-state index contributed by atoms with van der Waals surface area (Å²) in [7, 11) is 0. The molecule has 1 saturated heterocycles. The average Bonchev–Trinajstić information content (AvgIpc) is 2.62. The molecule has 1 aromatic heterocycles. The molecule has 0 spiro atoms. The van der Waals surface area contributed by atoms with E-state index in [1.807, 2.05) is 12.4 Å². The number of nitrogens with one attached hydrogen (secondary N) is 1. The van der Waals surface area contributed by atoms with E-state index in [9.17, 15) is 0 Å². The van der Waals surface area contributed by atoms with Gasteiger partial charge in [-0.3, -0.25) is 4.98 Å². The van der Waals surface area contributed by atoms with Crippen LogP contribution in [-0.2, 0) is 0 Å². The molecule has 3 nitrogen and oxygen atoms in total. The van der Waals surface area contributed by atoms with Crippen LogP contribution in [0.5, 0.6) is 5.75 Å². The van der Waals surface area contributed by atoms with Crippen LogP contribution < -0.4 is 9.64 Å². The lowest BCUT2D eigenvalue weighted by Crippen LogP contribution is -3.13. The summed E-state index contributed by atoms with van der Waals surface area (Å²) in [6, 6.07) is 11.4. The molecular formula is C22H31N2O+. The van der Waals surface area contributed by atoms with Gasteiger partial charge in [-0.05, 0) is 55.0 Å². The van der Waals surface area contributed by atoms with Gasteiger partial charge in [0, 0.05) is 24.4 Å². The fourth-order valence-electron chi connectivity index (χ4n) is 3.86. The largest absolute Gasteiger partial charge is 0.488 e.